The molecule has 2 aliphatic heterocycles. The Labute approximate surface area is 151 Å². The topological polar surface area (TPSA) is 67.4 Å². The van der Waals surface area contributed by atoms with Gasteiger partial charge in [0.2, 0.25) is 5.13 Å². The molecule has 0 aliphatic carbocycles. The zero-order valence-electron chi connectivity index (χ0n) is 14.3. The number of aryl methyl sites for hydroxylation is 1. The minimum absolute atomic E-state index is 0.122. The quantitative estimate of drug-likeness (QED) is 0.908. The van der Waals surface area contributed by atoms with E-state index in [9.17, 15) is 4.79 Å². The number of anilines is 1. The fourth-order valence-corrected chi connectivity index (χ4v) is 4.35. The molecule has 1 fully saturated rings. The number of carbonyl (C=O) groups excluding carboxylic acids is 1. The summed E-state index contributed by atoms with van der Waals surface area (Å²) in [4.78, 5) is 14.4. The highest BCUT2D eigenvalue weighted by Crippen LogP contribution is 2.43. The first-order valence-corrected chi connectivity index (χ1v) is 9.62. The van der Waals surface area contributed by atoms with E-state index in [2.05, 4.69) is 34.6 Å². The number of likely N-dealkylation sites (tertiary alicyclic amines) is 1. The lowest BCUT2D eigenvalue weighted by atomic mass is 9.92. The number of fused-ring (bicyclic) bond motifs is 2. The number of urea groups is 1. The van der Waals surface area contributed by atoms with E-state index in [1.807, 2.05) is 17.0 Å². The van der Waals surface area contributed by atoms with Gasteiger partial charge in [-0.2, -0.15) is 0 Å². The molecule has 2 aliphatic rings. The summed E-state index contributed by atoms with van der Waals surface area (Å²) in [5.41, 5.74) is 2.11. The van der Waals surface area contributed by atoms with Crippen molar-refractivity contribution in [3.05, 3.63) is 40.4 Å². The third kappa shape index (κ3) is 3.14. The van der Waals surface area contributed by atoms with E-state index in [-0.39, 0.29) is 11.6 Å². The average Bonchev–Trinajstić information content (AvgIpc) is 3.34. The maximum Gasteiger partial charge on any atom is 0.323 e. The Morgan fingerprint density at radius 3 is 3.16 bits per heavy atom. The van der Waals surface area contributed by atoms with Gasteiger partial charge >= 0.3 is 6.03 Å². The third-order valence-electron chi connectivity index (χ3n) is 4.96. The van der Waals surface area contributed by atoms with Crippen molar-refractivity contribution in [2.24, 2.45) is 0 Å². The lowest BCUT2D eigenvalue weighted by molar-refractivity contribution is -0.0269. The van der Waals surface area contributed by atoms with Crippen LogP contribution in [0.1, 0.15) is 42.3 Å². The normalized spacial score (nSPS) is 21.7. The van der Waals surface area contributed by atoms with Crippen molar-refractivity contribution in [1.29, 1.82) is 0 Å². The van der Waals surface area contributed by atoms with E-state index < -0.39 is 0 Å². The summed E-state index contributed by atoms with van der Waals surface area (Å²) in [5, 5.41) is 12.7. The molecule has 132 valence electrons. The number of hydrogen-bond donors (Lipinski definition) is 1. The number of nitrogens with one attached hydrogen (secondary N) is 1. The summed E-state index contributed by atoms with van der Waals surface area (Å²) in [6.45, 7) is 4.04. The van der Waals surface area contributed by atoms with Crippen LogP contribution in [0.25, 0.3) is 0 Å². The number of rotatable bonds is 4. The third-order valence-corrected chi connectivity index (χ3v) is 5.85. The van der Waals surface area contributed by atoms with Gasteiger partial charge in [0.15, 0.2) is 0 Å². The zero-order valence-corrected chi connectivity index (χ0v) is 15.1. The molecule has 1 atom stereocenters. The van der Waals surface area contributed by atoms with Gasteiger partial charge in [-0.25, -0.2) is 4.79 Å². The van der Waals surface area contributed by atoms with Gasteiger partial charge in [-0.3, -0.25) is 5.32 Å². The maximum atomic E-state index is 12.6. The molecule has 25 heavy (non-hydrogen) atoms. The zero-order chi connectivity index (χ0) is 17.3. The molecule has 0 radical (unpaired) electrons. The highest BCUT2D eigenvalue weighted by molar-refractivity contribution is 7.15. The molecular weight excluding hydrogens is 336 g/mol. The van der Waals surface area contributed by atoms with Crippen LogP contribution >= 0.6 is 11.3 Å². The van der Waals surface area contributed by atoms with Crippen molar-refractivity contribution in [3.8, 4) is 0 Å². The first-order chi connectivity index (χ1) is 12.2. The maximum absolute atomic E-state index is 12.6. The Morgan fingerprint density at radius 2 is 2.28 bits per heavy atom. The van der Waals surface area contributed by atoms with Crippen molar-refractivity contribution >= 4 is 22.5 Å². The first-order valence-electron chi connectivity index (χ1n) is 8.81. The molecule has 0 saturated carbocycles. The predicted molar refractivity (Wildman–Crippen MR) is 96.6 cm³/mol. The second-order valence-electron chi connectivity index (χ2n) is 6.65. The summed E-state index contributed by atoms with van der Waals surface area (Å²) in [7, 11) is 0. The van der Waals surface area contributed by atoms with Crippen LogP contribution in [0.15, 0.2) is 24.3 Å². The van der Waals surface area contributed by atoms with E-state index in [0.717, 1.165) is 30.7 Å². The molecule has 1 aromatic heterocycles. The van der Waals surface area contributed by atoms with E-state index in [1.54, 1.807) is 0 Å². The minimum atomic E-state index is -0.346. The number of carbonyl (C=O) groups is 1. The molecule has 1 saturated heterocycles. The molecule has 1 N–H and O–H groups in total. The fraction of sp³-hybridized carbons (Fsp3) is 0.500. The molecule has 6 nitrogen and oxygen atoms in total. The standard InChI is InChI=1S/C18H22N4O2S/c1-2-3-8-15-20-21-16(25-15)19-17(23)22-10-9-18(12-22)14-7-5-4-6-13(14)11-24-18/h4-7H,2-3,8-12H2,1H3,(H,19,21,23). The highest BCUT2D eigenvalue weighted by atomic mass is 32.1. The highest BCUT2D eigenvalue weighted by Gasteiger charge is 2.46. The average molecular weight is 358 g/mol. The smallest absolute Gasteiger partial charge is 0.323 e. The van der Waals surface area contributed by atoms with E-state index in [4.69, 9.17) is 4.74 Å². The van der Waals surface area contributed by atoms with E-state index >= 15 is 0 Å². The first kappa shape index (κ1) is 16.5. The molecule has 7 heteroatoms. The number of unbranched alkanes of at least 4 members (excludes halogenated alkanes) is 1. The second-order valence-corrected chi connectivity index (χ2v) is 7.71. The summed E-state index contributed by atoms with van der Waals surface area (Å²) < 4.78 is 6.10. The number of amides is 2. The molecule has 1 unspecified atom stereocenters. The largest absolute Gasteiger partial charge is 0.364 e. The molecule has 2 aromatic rings. The Hall–Kier alpha value is -1.99. The Kier molecular flexibility index (Phi) is 4.43. The molecule has 1 aromatic carbocycles. The molecular formula is C18H22N4O2S. The van der Waals surface area contributed by atoms with Crippen LogP contribution in [0.5, 0.6) is 0 Å². The monoisotopic (exact) mass is 358 g/mol. The number of ether oxygens (including phenoxy) is 1. The van der Waals surface area contributed by atoms with Crippen LogP contribution in [0.4, 0.5) is 9.93 Å². The number of aromatic nitrogens is 2. The van der Waals surface area contributed by atoms with Crippen LogP contribution in [0.2, 0.25) is 0 Å². The number of nitrogens with zero attached hydrogens (tertiary/aromatic N) is 3. The Morgan fingerprint density at radius 1 is 1.40 bits per heavy atom. The van der Waals surface area contributed by atoms with Gasteiger partial charge in [0.1, 0.15) is 10.6 Å². The van der Waals surface area contributed by atoms with Gasteiger partial charge in [-0.1, -0.05) is 48.9 Å². The molecule has 0 bridgehead atoms. The number of hydrogen-bond acceptors (Lipinski definition) is 5. The fourth-order valence-electron chi connectivity index (χ4n) is 3.58. The van der Waals surface area contributed by atoms with Gasteiger partial charge in [0.05, 0.1) is 13.2 Å². The molecule has 2 amide bonds. The predicted octanol–water partition coefficient (Wildman–Crippen LogP) is 3.54. The van der Waals surface area contributed by atoms with E-state index in [0.29, 0.717) is 24.8 Å². The van der Waals surface area contributed by atoms with Crippen molar-refractivity contribution in [3.63, 3.8) is 0 Å². The second kappa shape index (κ2) is 6.72. The Bertz CT molecular complexity index is 778. The summed E-state index contributed by atoms with van der Waals surface area (Å²) >= 11 is 1.46. The van der Waals surface area contributed by atoms with Crippen LogP contribution in [0.3, 0.4) is 0 Å². The summed E-state index contributed by atoms with van der Waals surface area (Å²) in [6.07, 6.45) is 3.96. The molecule has 3 heterocycles. The molecule has 4 rings (SSSR count). The summed E-state index contributed by atoms with van der Waals surface area (Å²) in [6, 6.07) is 8.17. The lowest BCUT2D eigenvalue weighted by Gasteiger charge is -2.24. The van der Waals surface area contributed by atoms with Crippen molar-refractivity contribution in [2.45, 2.75) is 44.8 Å². The van der Waals surface area contributed by atoms with Crippen LogP contribution in [-0.4, -0.2) is 34.2 Å². The van der Waals surface area contributed by atoms with Crippen LogP contribution in [-0.2, 0) is 23.4 Å². The van der Waals surface area contributed by atoms with Crippen LogP contribution in [0, 0.1) is 0 Å². The SMILES string of the molecule is CCCCc1nnc(NC(=O)N2CCC3(C2)OCc2ccccc23)s1. The van der Waals surface area contributed by atoms with Crippen molar-refractivity contribution in [2.75, 3.05) is 18.4 Å². The van der Waals surface area contributed by atoms with Crippen molar-refractivity contribution < 1.29 is 9.53 Å². The van der Waals surface area contributed by atoms with Gasteiger partial charge in [0.25, 0.3) is 0 Å². The van der Waals surface area contributed by atoms with Gasteiger partial charge in [-0.05, 0) is 17.5 Å². The van der Waals surface area contributed by atoms with E-state index in [1.165, 1.54) is 22.5 Å². The number of benzene rings is 1. The molecule has 1 spiro atoms. The lowest BCUT2D eigenvalue weighted by Crippen LogP contribution is -2.36. The van der Waals surface area contributed by atoms with Gasteiger partial charge < -0.3 is 9.64 Å². The summed E-state index contributed by atoms with van der Waals surface area (Å²) in [5.74, 6) is 0. The minimum Gasteiger partial charge on any atom is -0.364 e. The Balaban J connectivity index is 1.41. The van der Waals surface area contributed by atoms with Gasteiger partial charge in [-0.15, -0.1) is 10.2 Å². The van der Waals surface area contributed by atoms with Gasteiger partial charge in [0, 0.05) is 19.4 Å². The van der Waals surface area contributed by atoms with Crippen molar-refractivity contribution in [1.82, 2.24) is 15.1 Å². The van der Waals surface area contributed by atoms with Crippen LogP contribution < -0.4 is 5.32 Å².